The van der Waals surface area contributed by atoms with Crippen molar-refractivity contribution >= 4 is 45.9 Å². The Kier molecular flexibility index (Phi) is 6.45. The van der Waals surface area contributed by atoms with Gasteiger partial charge in [-0.05, 0) is 30.5 Å². The zero-order valence-electron chi connectivity index (χ0n) is 15.3. The number of Topliss-reactive ketones (excluding diaryl/α,β-unsaturated/α-hetero) is 1. The third kappa shape index (κ3) is 4.98. The van der Waals surface area contributed by atoms with Crippen molar-refractivity contribution in [3.8, 4) is 0 Å². The smallest absolute Gasteiger partial charge is 0.339 e. The fourth-order valence-corrected chi connectivity index (χ4v) is 3.51. The first-order valence-electron chi connectivity index (χ1n) is 8.70. The van der Waals surface area contributed by atoms with Gasteiger partial charge in [-0.1, -0.05) is 48.5 Å². The van der Waals surface area contributed by atoms with Crippen molar-refractivity contribution in [1.29, 1.82) is 0 Å². The van der Waals surface area contributed by atoms with Gasteiger partial charge < -0.3 is 10.1 Å². The summed E-state index contributed by atoms with van der Waals surface area (Å²) in [6.07, 6.45) is 0. The second kappa shape index (κ2) is 9.19. The third-order valence-electron chi connectivity index (χ3n) is 3.94. The number of thioether (sulfide) groups is 1. The topological polar surface area (TPSA) is 72.5 Å². The Morgan fingerprint density at radius 2 is 1.64 bits per heavy atom. The van der Waals surface area contributed by atoms with Crippen LogP contribution in [0.4, 0.5) is 5.69 Å². The molecule has 6 heteroatoms. The van der Waals surface area contributed by atoms with Crippen molar-refractivity contribution in [2.75, 3.05) is 17.7 Å². The van der Waals surface area contributed by atoms with E-state index in [0.29, 0.717) is 16.1 Å². The highest BCUT2D eigenvalue weighted by Gasteiger charge is 2.15. The maximum atomic E-state index is 12.4. The number of carbonyl (C=O) groups excluding carboxylic acids is 3. The van der Waals surface area contributed by atoms with Crippen molar-refractivity contribution in [2.24, 2.45) is 0 Å². The van der Waals surface area contributed by atoms with Gasteiger partial charge in [0.15, 0.2) is 6.61 Å². The number of rotatable bonds is 7. The van der Waals surface area contributed by atoms with Crippen LogP contribution in [0.1, 0.15) is 17.3 Å². The molecule has 5 nitrogen and oxygen atoms in total. The van der Waals surface area contributed by atoms with Crippen LogP contribution >= 0.6 is 11.8 Å². The Bertz CT molecular complexity index is 1030. The standard InChI is InChI=1S/C22H19NO4S/c1-15(24)14-28-20-12-5-4-10-18(20)22(26)27-13-21(25)23-19-11-6-8-16-7-2-3-9-17(16)19/h2-12H,13-14H2,1H3,(H,23,25). The molecule has 3 rings (SSSR count). The largest absolute Gasteiger partial charge is 0.452 e. The van der Waals surface area contributed by atoms with Gasteiger partial charge in [-0.15, -0.1) is 11.8 Å². The van der Waals surface area contributed by atoms with E-state index in [2.05, 4.69) is 5.32 Å². The normalized spacial score (nSPS) is 10.5. The van der Waals surface area contributed by atoms with Crippen LogP contribution in [-0.4, -0.2) is 30.0 Å². The molecule has 0 aliphatic rings. The number of hydrogen-bond acceptors (Lipinski definition) is 5. The molecule has 0 atom stereocenters. The van der Waals surface area contributed by atoms with Gasteiger partial charge in [-0.2, -0.15) is 0 Å². The van der Waals surface area contributed by atoms with Crippen LogP contribution in [0.15, 0.2) is 71.6 Å². The van der Waals surface area contributed by atoms with E-state index in [0.717, 1.165) is 10.8 Å². The van der Waals surface area contributed by atoms with Crippen molar-refractivity contribution in [2.45, 2.75) is 11.8 Å². The van der Waals surface area contributed by atoms with E-state index in [1.807, 2.05) is 36.4 Å². The molecule has 3 aromatic carbocycles. The van der Waals surface area contributed by atoms with Crippen molar-refractivity contribution in [1.82, 2.24) is 0 Å². The molecular weight excluding hydrogens is 374 g/mol. The molecule has 142 valence electrons. The Hall–Kier alpha value is -3.12. The number of carbonyl (C=O) groups is 3. The zero-order valence-corrected chi connectivity index (χ0v) is 16.1. The summed E-state index contributed by atoms with van der Waals surface area (Å²) in [6.45, 7) is 1.10. The molecule has 3 aromatic rings. The van der Waals surface area contributed by atoms with Crippen molar-refractivity contribution in [3.63, 3.8) is 0 Å². The van der Waals surface area contributed by atoms with Crippen molar-refractivity contribution < 1.29 is 19.1 Å². The Morgan fingerprint density at radius 3 is 2.46 bits per heavy atom. The second-order valence-electron chi connectivity index (χ2n) is 6.14. The number of ether oxygens (including phenoxy) is 1. The lowest BCUT2D eigenvalue weighted by Crippen LogP contribution is -2.21. The van der Waals surface area contributed by atoms with Gasteiger partial charge in [-0.25, -0.2) is 4.79 Å². The Morgan fingerprint density at radius 1 is 0.929 bits per heavy atom. The number of esters is 1. The molecule has 0 heterocycles. The molecule has 0 spiro atoms. The van der Waals surface area contributed by atoms with Crippen LogP contribution < -0.4 is 5.32 Å². The Balaban J connectivity index is 1.63. The molecule has 0 aliphatic heterocycles. The zero-order chi connectivity index (χ0) is 19.9. The minimum absolute atomic E-state index is 0.0163. The first kappa shape index (κ1) is 19.6. The summed E-state index contributed by atoms with van der Waals surface area (Å²) in [5.74, 6) is -0.729. The molecule has 1 amide bonds. The number of ketones is 1. The molecule has 0 saturated carbocycles. The highest BCUT2D eigenvalue weighted by molar-refractivity contribution is 8.00. The first-order valence-corrected chi connectivity index (χ1v) is 9.69. The number of anilines is 1. The van der Waals surface area contributed by atoms with E-state index in [1.165, 1.54) is 18.7 Å². The van der Waals surface area contributed by atoms with Crippen molar-refractivity contribution in [3.05, 3.63) is 72.3 Å². The van der Waals surface area contributed by atoms with Crippen LogP contribution in [0, 0.1) is 0 Å². The monoisotopic (exact) mass is 393 g/mol. The average Bonchev–Trinajstić information content (AvgIpc) is 2.71. The lowest BCUT2D eigenvalue weighted by Gasteiger charge is -2.10. The maximum absolute atomic E-state index is 12.4. The first-order chi connectivity index (χ1) is 13.5. The number of amides is 1. The fourth-order valence-electron chi connectivity index (χ4n) is 2.67. The minimum Gasteiger partial charge on any atom is -0.452 e. The molecule has 1 N–H and O–H groups in total. The van der Waals surface area contributed by atoms with E-state index in [1.54, 1.807) is 30.3 Å². The second-order valence-corrected chi connectivity index (χ2v) is 7.16. The minimum atomic E-state index is -0.597. The molecule has 0 radical (unpaired) electrons. The summed E-state index contributed by atoms with van der Waals surface area (Å²) in [5.41, 5.74) is 1.00. The lowest BCUT2D eigenvalue weighted by atomic mass is 10.1. The molecule has 0 fully saturated rings. The summed E-state index contributed by atoms with van der Waals surface area (Å²) in [4.78, 5) is 36.5. The molecule has 0 aliphatic carbocycles. The van der Waals surface area contributed by atoms with E-state index < -0.39 is 18.5 Å². The van der Waals surface area contributed by atoms with Crippen LogP contribution in [0.5, 0.6) is 0 Å². The maximum Gasteiger partial charge on any atom is 0.339 e. The number of fused-ring (bicyclic) bond motifs is 1. The van der Waals surface area contributed by atoms with Crippen LogP contribution in [0.2, 0.25) is 0 Å². The summed E-state index contributed by atoms with van der Waals surface area (Å²) in [5, 5.41) is 4.70. The van der Waals surface area contributed by atoms with Gasteiger partial charge >= 0.3 is 5.97 Å². The van der Waals surface area contributed by atoms with E-state index in [9.17, 15) is 14.4 Å². The van der Waals surface area contributed by atoms with Gasteiger partial charge in [0.25, 0.3) is 5.91 Å². The van der Waals surface area contributed by atoms with Crippen LogP contribution in [0.25, 0.3) is 10.8 Å². The number of nitrogens with one attached hydrogen (secondary N) is 1. The molecule has 0 unspecified atom stereocenters. The van der Waals surface area contributed by atoms with Gasteiger partial charge in [0.2, 0.25) is 0 Å². The summed E-state index contributed by atoms with van der Waals surface area (Å²) < 4.78 is 5.17. The van der Waals surface area contributed by atoms with Gasteiger partial charge in [0.1, 0.15) is 5.78 Å². The van der Waals surface area contributed by atoms with Gasteiger partial charge in [-0.3, -0.25) is 9.59 Å². The van der Waals surface area contributed by atoms with Crippen LogP contribution in [-0.2, 0) is 14.3 Å². The van der Waals surface area contributed by atoms with E-state index >= 15 is 0 Å². The van der Waals surface area contributed by atoms with E-state index in [-0.39, 0.29) is 11.5 Å². The highest BCUT2D eigenvalue weighted by Crippen LogP contribution is 2.24. The molecule has 0 saturated heterocycles. The van der Waals surface area contributed by atoms with Gasteiger partial charge in [0, 0.05) is 16.0 Å². The molecule has 28 heavy (non-hydrogen) atoms. The predicted octanol–water partition coefficient (Wildman–Crippen LogP) is 4.32. The average molecular weight is 393 g/mol. The summed E-state index contributed by atoms with van der Waals surface area (Å²) >= 11 is 1.27. The van der Waals surface area contributed by atoms with Gasteiger partial charge in [0.05, 0.1) is 11.3 Å². The highest BCUT2D eigenvalue weighted by atomic mass is 32.2. The SMILES string of the molecule is CC(=O)CSc1ccccc1C(=O)OCC(=O)Nc1cccc2ccccc12. The van der Waals surface area contributed by atoms with Crippen LogP contribution in [0.3, 0.4) is 0 Å². The van der Waals surface area contributed by atoms with E-state index in [4.69, 9.17) is 4.74 Å². The lowest BCUT2D eigenvalue weighted by molar-refractivity contribution is -0.119. The number of hydrogen-bond donors (Lipinski definition) is 1. The third-order valence-corrected chi connectivity index (χ3v) is 5.15. The fraction of sp³-hybridized carbons (Fsp3) is 0.136. The summed E-state index contributed by atoms with van der Waals surface area (Å²) in [7, 11) is 0. The molecular formula is C22H19NO4S. The molecule has 0 bridgehead atoms. The predicted molar refractivity (Wildman–Crippen MR) is 111 cm³/mol. The Labute approximate surface area is 167 Å². The summed E-state index contributed by atoms with van der Waals surface area (Å²) in [6, 6.07) is 20.2. The molecule has 0 aromatic heterocycles. The quantitative estimate of drug-likeness (QED) is 0.478. The number of benzene rings is 3.